The van der Waals surface area contributed by atoms with Gasteiger partial charge < -0.3 is 5.32 Å². The zero-order valence-corrected chi connectivity index (χ0v) is 14.6. The molecule has 0 aliphatic carbocycles. The highest BCUT2D eigenvalue weighted by molar-refractivity contribution is 7.91. The fourth-order valence-electron chi connectivity index (χ4n) is 3.10. The standard InChI is InChI=1S/C17H21N3O3S/c1-12-16(10-17(21)18-14-8-9-24(22,23)11-14)13(2)20(19-12)15-6-4-3-5-7-15/h3-7,14H,8-11H2,1-2H3,(H,18,21). The molecule has 1 aromatic heterocycles. The SMILES string of the molecule is Cc1nn(-c2ccccc2)c(C)c1CC(=O)NC1CCS(=O)(=O)C1. The zero-order chi connectivity index (χ0) is 17.3. The molecule has 7 heteroatoms. The number of amides is 1. The molecular formula is C17H21N3O3S. The largest absolute Gasteiger partial charge is 0.352 e. The summed E-state index contributed by atoms with van der Waals surface area (Å²) < 4.78 is 24.8. The number of hydrogen-bond acceptors (Lipinski definition) is 4. The molecule has 1 aliphatic heterocycles. The average molecular weight is 347 g/mol. The summed E-state index contributed by atoms with van der Waals surface area (Å²) in [6.45, 7) is 3.82. The first-order valence-corrected chi connectivity index (χ1v) is 9.78. The van der Waals surface area contributed by atoms with Gasteiger partial charge in [-0.3, -0.25) is 4.79 Å². The Morgan fingerprint density at radius 3 is 2.62 bits per heavy atom. The van der Waals surface area contributed by atoms with Crippen LogP contribution in [0.25, 0.3) is 5.69 Å². The topological polar surface area (TPSA) is 81.1 Å². The van der Waals surface area contributed by atoms with Crippen molar-refractivity contribution in [2.75, 3.05) is 11.5 Å². The lowest BCUT2D eigenvalue weighted by atomic mass is 10.1. The Balaban J connectivity index is 1.74. The number of aryl methyl sites for hydroxylation is 1. The second-order valence-electron chi connectivity index (χ2n) is 6.24. The Bertz CT molecular complexity index is 857. The molecule has 2 heterocycles. The van der Waals surface area contributed by atoms with Gasteiger partial charge in [0.2, 0.25) is 5.91 Å². The lowest BCUT2D eigenvalue weighted by molar-refractivity contribution is -0.121. The first-order chi connectivity index (χ1) is 11.4. The van der Waals surface area contributed by atoms with Crippen LogP contribution in [0.3, 0.4) is 0 Å². The summed E-state index contributed by atoms with van der Waals surface area (Å²) in [6, 6.07) is 9.49. The monoisotopic (exact) mass is 347 g/mol. The van der Waals surface area contributed by atoms with Crippen LogP contribution in [-0.4, -0.2) is 41.7 Å². The quantitative estimate of drug-likeness (QED) is 0.905. The van der Waals surface area contributed by atoms with Gasteiger partial charge in [0.15, 0.2) is 9.84 Å². The van der Waals surface area contributed by atoms with Crippen LogP contribution in [0, 0.1) is 13.8 Å². The van der Waals surface area contributed by atoms with Crippen LogP contribution in [0.2, 0.25) is 0 Å². The van der Waals surface area contributed by atoms with E-state index in [4.69, 9.17) is 0 Å². The summed E-state index contributed by atoms with van der Waals surface area (Å²) in [5.74, 6) is 0.0398. The molecule has 1 N–H and O–H groups in total. The molecule has 0 saturated carbocycles. The molecule has 3 rings (SSSR count). The molecule has 6 nitrogen and oxygen atoms in total. The van der Waals surface area contributed by atoms with Crippen LogP contribution in [0.5, 0.6) is 0 Å². The molecular weight excluding hydrogens is 326 g/mol. The average Bonchev–Trinajstić information content (AvgIpc) is 3.01. The molecule has 128 valence electrons. The Kier molecular flexibility index (Phi) is 4.45. The molecule has 0 spiro atoms. The minimum absolute atomic E-state index is 0.0416. The first-order valence-electron chi connectivity index (χ1n) is 7.96. The Morgan fingerprint density at radius 2 is 2.00 bits per heavy atom. The van der Waals surface area contributed by atoms with Gasteiger partial charge in [-0.15, -0.1) is 0 Å². The van der Waals surface area contributed by atoms with Crippen molar-refractivity contribution in [2.45, 2.75) is 32.7 Å². The van der Waals surface area contributed by atoms with E-state index in [0.29, 0.717) is 6.42 Å². The Morgan fingerprint density at radius 1 is 1.29 bits per heavy atom. The predicted molar refractivity (Wildman–Crippen MR) is 91.9 cm³/mol. The number of hydrogen-bond donors (Lipinski definition) is 1. The van der Waals surface area contributed by atoms with Crippen LogP contribution in [0.4, 0.5) is 0 Å². The summed E-state index contributed by atoms with van der Waals surface area (Å²) >= 11 is 0. The molecule has 1 aromatic carbocycles. The van der Waals surface area contributed by atoms with Crippen LogP contribution < -0.4 is 5.32 Å². The molecule has 2 aromatic rings. The summed E-state index contributed by atoms with van der Waals surface area (Å²) in [7, 11) is -2.99. The van der Waals surface area contributed by atoms with Gasteiger partial charge in [0.25, 0.3) is 0 Å². The maximum absolute atomic E-state index is 12.3. The van der Waals surface area contributed by atoms with E-state index in [-0.39, 0.29) is 29.9 Å². The smallest absolute Gasteiger partial charge is 0.224 e. The van der Waals surface area contributed by atoms with Crippen molar-refractivity contribution in [3.8, 4) is 5.69 Å². The van der Waals surface area contributed by atoms with E-state index in [2.05, 4.69) is 10.4 Å². The van der Waals surface area contributed by atoms with Gasteiger partial charge in [-0.1, -0.05) is 18.2 Å². The van der Waals surface area contributed by atoms with Gasteiger partial charge in [0.1, 0.15) is 0 Å². The Labute approximate surface area is 141 Å². The summed E-state index contributed by atoms with van der Waals surface area (Å²) in [5, 5.41) is 7.36. The number of rotatable bonds is 4. The molecule has 24 heavy (non-hydrogen) atoms. The van der Waals surface area contributed by atoms with E-state index >= 15 is 0 Å². The lowest BCUT2D eigenvalue weighted by Gasteiger charge is -2.11. The molecule has 1 saturated heterocycles. The summed E-state index contributed by atoms with van der Waals surface area (Å²) in [6.07, 6.45) is 0.705. The van der Waals surface area contributed by atoms with Crippen molar-refractivity contribution in [3.05, 3.63) is 47.3 Å². The number of carbonyl (C=O) groups excluding carboxylic acids is 1. The number of nitrogens with one attached hydrogen (secondary N) is 1. The third-order valence-corrected chi connectivity index (χ3v) is 6.14. The zero-order valence-electron chi connectivity index (χ0n) is 13.8. The van der Waals surface area contributed by atoms with Crippen molar-refractivity contribution in [1.82, 2.24) is 15.1 Å². The maximum atomic E-state index is 12.3. The fraction of sp³-hybridized carbons (Fsp3) is 0.412. The summed E-state index contributed by atoms with van der Waals surface area (Å²) in [5.41, 5.74) is 3.57. The van der Waals surface area contributed by atoms with E-state index in [1.807, 2.05) is 48.9 Å². The maximum Gasteiger partial charge on any atom is 0.224 e. The highest BCUT2D eigenvalue weighted by Crippen LogP contribution is 2.19. The number of carbonyl (C=O) groups is 1. The molecule has 1 fully saturated rings. The van der Waals surface area contributed by atoms with Crippen LogP contribution in [-0.2, 0) is 21.1 Å². The van der Waals surface area contributed by atoms with E-state index in [1.165, 1.54) is 0 Å². The van der Waals surface area contributed by atoms with Crippen molar-refractivity contribution in [3.63, 3.8) is 0 Å². The van der Waals surface area contributed by atoms with Gasteiger partial charge >= 0.3 is 0 Å². The molecule has 1 amide bonds. The van der Waals surface area contributed by atoms with E-state index in [0.717, 1.165) is 22.6 Å². The van der Waals surface area contributed by atoms with Gasteiger partial charge in [-0.05, 0) is 32.4 Å². The van der Waals surface area contributed by atoms with Crippen LogP contribution >= 0.6 is 0 Å². The number of aromatic nitrogens is 2. The minimum atomic E-state index is -2.99. The van der Waals surface area contributed by atoms with Crippen molar-refractivity contribution >= 4 is 15.7 Å². The van der Waals surface area contributed by atoms with Crippen LogP contribution in [0.1, 0.15) is 23.4 Å². The third kappa shape index (κ3) is 3.51. The van der Waals surface area contributed by atoms with Gasteiger partial charge in [-0.25, -0.2) is 13.1 Å². The molecule has 1 unspecified atom stereocenters. The van der Waals surface area contributed by atoms with Crippen molar-refractivity contribution < 1.29 is 13.2 Å². The molecule has 1 atom stereocenters. The predicted octanol–water partition coefficient (Wildman–Crippen LogP) is 1.33. The lowest BCUT2D eigenvalue weighted by Crippen LogP contribution is -2.36. The van der Waals surface area contributed by atoms with Crippen LogP contribution in [0.15, 0.2) is 30.3 Å². The normalized spacial score (nSPS) is 19.3. The van der Waals surface area contributed by atoms with Gasteiger partial charge in [0, 0.05) is 17.3 Å². The second-order valence-corrected chi connectivity index (χ2v) is 8.47. The summed E-state index contributed by atoms with van der Waals surface area (Å²) in [4.78, 5) is 12.3. The van der Waals surface area contributed by atoms with Gasteiger partial charge in [0.05, 0.1) is 29.3 Å². The minimum Gasteiger partial charge on any atom is -0.352 e. The number of benzene rings is 1. The van der Waals surface area contributed by atoms with Crippen molar-refractivity contribution in [2.24, 2.45) is 0 Å². The molecule has 0 bridgehead atoms. The van der Waals surface area contributed by atoms with E-state index in [1.54, 1.807) is 0 Å². The Hall–Kier alpha value is -2.15. The first kappa shape index (κ1) is 16.7. The van der Waals surface area contributed by atoms with Gasteiger partial charge in [-0.2, -0.15) is 5.10 Å². The third-order valence-electron chi connectivity index (χ3n) is 4.38. The van der Waals surface area contributed by atoms with E-state index in [9.17, 15) is 13.2 Å². The number of para-hydroxylation sites is 1. The highest BCUT2D eigenvalue weighted by Gasteiger charge is 2.29. The van der Waals surface area contributed by atoms with E-state index < -0.39 is 9.84 Å². The number of sulfone groups is 1. The number of nitrogens with zero attached hydrogens (tertiary/aromatic N) is 2. The van der Waals surface area contributed by atoms with Crippen molar-refractivity contribution in [1.29, 1.82) is 0 Å². The fourth-order valence-corrected chi connectivity index (χ4v) is 4.77. The molecule has 0 radical (unpaired) electrons. The molecule has 1 aliphatic rings. The highest BCUT2D eigenvalue weighted by atomic mass is 32.2. The second kappa shape index (κ2) is 6.39.